The molecule has 0 amide bonds. The summed E-state index contributed by atoms with van der Waals surface area (Å²) in [6.07, 6.45) is 2.70. The number of aromatic nitrogens is 1. The van der Waals surface area contributed by atoms with Crippen molar-refractivity contribution in [1.82, 2.24) is 14.2 Å². The van der Waals surface area contributed by atoms with Crippen molar-refractivity contribution in [2.45, 2.75) is 24.2 Å². The van der Waals surface area contributed by atoms with E-state index in [1.165, 1.54) is 4.31 Å². The Labute approximate surface area is 165 Å². The van der Waals surface area contributed by atoms with Crippen molar-refractivity contribution in [3.63, 3.8) is 0 Å². The van der Waals surface area contributed by atoms with Crippen LogP contribution in [0.1, 0.15) is 25.0 Å². The molecule has 1 aliphatic rings. The van der Waals surface area contributed by atoms with Gasteiger partial charge in [-0.05, 0) is 64.2 Å². The Bertz CT molecular complexity index is 939. The Morgan fingerprint density at radius 2 is 1.93 bits per heavy atom. The molecule has 0 spiro atoms. The van der Waals surface area contributed by atoms with Gasteiger partial charge in [0.2, 0.25) is 27.5 Å². The average Bonchev–Trinajstić information content (AvgIpc) is 3.35. The number of nitrogens with one attached hydrogen (secondary N) is 1. The highest BCUT2D eigenvalue weighted by Crippen LogP contribution is 2.27. The number of anilines is 1. The SMILES string of the molecule is CN(C)CCCNc1oc(-c2ccc(S(=O)(=O)N3CCCC3)cc2)nc1C#N. The molecule has 0 bridgehead atoms. The van der Waals surface area contributed by atoms with E-state index >= 15 is 0 Å². The number of nitriles is 1. The monoisotopic (exact) mass is 403 g/mol. The zero-order valence-electron chi connectivity index (χ0n) is 16.2. The molecule has 0 atom stereocenters. The molecular weight excluding hydrogens is 378 g/mol. The van der Waals surface area contributed by atoms with Crippen LogP contribution in [0.4, 0.5) is 5.88 Å². The van der Waals surface area contributed by atoms with Gasteiger partial charge in [-0.3, -0.25) is 0 Å². The van der Waals surface area contributed by atoms with E-state index in [4.69, 9.17) is 4.42 Å². The van der Waals surface area contributed by atoms with E-state index in [9.17, 15) is 13.7 Å². The molecule has 1 saturated heterocycles. The number of rotatable bonds is 8. The summed E-state index contributed by atoms with van der Waals surface area (Å²) in [4.78, 5) is 6.56. The van der Waals surface area contributed by atoms with Gasteiger partial charge in [-0.1, -0.05) is 0 Å². The van der Waals surface area contributed by atoms with Gasteiger partial charge in [0.25, 0.3) is 0 Å². The van der Waals surface area contributed by atoms with E-state index in [-0.39, 0.29) is 16.5 Å². The van der Waals surface area contributed by atoms with Crippen LogP contribution >= 0.6 is 0 Å². The van der Waals surface area contributed by atoms with Crippen LogP contribution in [0.2, 0.25) is 0 Å². The summed E-state index contributed by atoms with van der Waals surface area (Å²) in [7, 11) is 0.548. The second kappa shape index (κ2) is 8.73. The molecule has 0 unspecified atom stereocenters. The van der Waals surface area contributed by atoms with E-state index in [2.05, 4.69) is 15.2 Å². The molecule has 8 nitrogen and oxygen atoms in total. The van der Waals surface area contributed by atoms with Crippen molar-refractivity contribution in [3.8, 4) is 17.5 Å². The molecule has 2 heterocycles. The van der Waals surface area contributed by atoms with Crippen LogP contribution in [0.3, 0.4) is 0 Å². The molecule has 9 heteroatoms. The highest BCUT2D eigenvalue weighted by molar-refractivity contribution is 7.89. The minimum atomic E-state index is -3.45. The molecule has 0 saturated carbocycles. The Hall–Kier alpha value is -2.41. The van der Waals surface area contributed by atoms with Crippen molar-refractivity contribution in [3.05, 3.63) is 30.0 Å². The summed E-state index contributed by atoms with van der Waals surface area (Å²) in [5.41, 5.74) is 0.812. The summed E-state index contributed by atoms with van der Waals surface area (Å²) in [5.74, 6) is 0.627. The van der Waals surface area contributed by atoms with Crippen LogP contribution in [0.25, 0.3) is 11.5 Å². The van der Waals surface area contributed by atoms with Gasteiger partial charge in [-0.25, -0.2) is 8.42 Å². The van der Waals surface area contributed by atoms with Gasteiger partial charge >= 0.3 is 0 Å². The van der Waals surface area contributed by atoms with Crippen LogP contribution in [-0.2, 0) is 10.0 Å². The highest BCUT2D eigenvalue weighted by Gasteiger charge is 2.27. The number of hydrogen-bond donors (Lipinski definition) is 1. The summed E-state index contributed by atoms with van der Waals surface area (Å²) >= 11 is 0. The van der Waals surface area contributed by atoms with E-state index < -0.39 is 10.0 Å². The van der Waals surface area contributed by atoms with Crippen LogP contribution in [0.5, 0.6) is 0 Å². The fourth-order valence-corrected chi connectivity index (χ4v) is 4.60. The molecule has 3 rings (SSSR count). The van der Waals surface area contributed by atoms with Gasteiger partial charge in [-0.15, -0.1) is 0 Å². The largest absolute Gasteiger partial charge is 0.419 e. The predicted octanol–water partition coefficient (Wildman–Crippen LogP) is 2.36. The topological polar surface area (TPSA) is 102 Å². The van der Waals surface area contributed by atoms with Crippen molar-refractivity contribution in [2.75, 3.05) is 45.6 Å². The van der Waals surface area contributed by atoms with Crippen molar-refractivity contribution in [2.24, 2.45) is 0 Å². The third kappa shape index (κ3) is 4.52. The maximum absolute atomic E-state index is 12.6. The Morgan fingerprint density at radius 1 is 1.25 bits per heavy atom. The normalized spacial score (nSPS) is 15.1. The zero-order chi connectivity index (χ0) is 20.1. The lowest BCUT2D eigenvalue weighted by Gasteiger charge is -2.15. The number of sulfonamides is 1. The van der Waals surface area contributed by atoms with E-state index in [0.29, 0.717) is 31.1 Å². The van der Waals surface area contributed by atoms with E-state index in [0.717, 1.165) is 25.8 Å². The number of benzene rings is 1. The zero-order valence-corrected chi connectivity index (χ0v) is 17.0. The van der Waals surface area contributed by atoms with Gasteiger partial charge in [0, 0.05) is 25.2 Å². The lowest BCUT2D eigenvalue weighted by molar-refractivity contribution is 0.404. The first-order valence-electron chi connectivity index (χ1n) is 9.32. The summed E-state index contributed by atoms with van der Waals surface area (Å²) in [5, 5.41) is 12.4. The summed E-state index contributed by atoms with van der Waals surface area (Å²) in [6.45, 7) is 2.72. The molecule has 28 heavy (non-hydrogen) atoms. The van der Waals surface area contributed by atoms with Crippen LogP contribution in [0, 0.1) is 11.3 Å². The third-order valence-corrected chi connectivity index (χ3v) is 6.52. The molecule has 1 N–H and O–H groups in total. The van der Waals surface area contributed by atoms with Gasteiger partial charge in [0.15, 0.2) is 0 Å². The van der Waals surface area contributed by atoms with Gasteiger partial charge in [-0.2, -0.15) is 14.6 Å². The minimum Gasteiger partial charge on any atom is -0.419 e. The molecule has 0 radical (unpaired) electrons. The van der Waals surface area contributed by atoms with E-state index in [1.807, 2.05) is 20.2 Å². The lowest BCUT2D eigenvalue weighted by Crippen LogP contribution is -2.27. The molecular formula is C19H25N5O3S. The molecule has 150 valence electrons. The number of oxazole rings is 1. The molecule has 1 aromatic carbocycles. The molecule has 0 aliphatic carbocycles. The van der Waals surface area contributed by atoms with Gasteiger partial charge in [0.05, 0.1) is 4.90 Å². The Kier molecular flexibility index (Phi) is 6.34. The minimum absolute atomic E-state index is 0.189. The third-order valence-electron chi connectivity index (χ3n) is 4.60. The first kappa shape index (κ1) is 20.3. The van der Waals surface area contributed by atoms with Crippen molar-refractivity contribution < 1.29 is 12.8 Å². The first-order valence-corrected chi connectivity index (χ1v) is 10.8. The maximum Gasteiger partial charge on any atom is 0.243 e. The quantitative estimate of drug-likeness (QED) is 0.675. The fraction of sp³-hybridized carbons (Fsp3) is 0.474. The summed E-state index contributed by atoms with van der Waals surface area (Å²) < 4.78 is 32.4. The van der Waals surface area contributed by atoms with E-state index in [1.54, 1.807) is 24.3 Å². The highest BCUT2D eigenvalue weighted by atomic mass is 32.2. The smallest absolute Gasteiger partial charge is 0.243 e. The second-order valence-corrected chi connectivity index (χ2v) is 8.97. The van der Waals surface area contributed by atoms with Crippen LogP contribution in [0.15, 0.2) is 33.6 Å². The van der Waals surface area contributed by atoms with Crippen molar-refractivity contribution >= 4 is 15.9 Å². The number of nitrogens with zero attached hydrogens (tertiary/aromatic N) is 4. The lowest BCUT2D eigenvalue weighted by atomic mass is 10.2. The van der Waals surface area contributed by atoms with Crippen molar-refractivity contribution in [1.29, 1.82) is 5.26 Å². The Balaban J connectivity index is 1.74. The van der Waals surface area contributed by atoms with Crippen LogP contribution < -0.4 is 5.32 Å². The molecule has 1 aromatic heterocycles. The maximum atomic E-state index is 12.6. The average molecular weight is 404 g/mol. The van der Waals surface area contributed by atoms with Crippen LogP contribution in [-0.4, -0.2) is 62.9 Å². The molecule has 1 aliphatic heterocycles. The fourth-order valence-electron chi connectivity index (χ4n) is 3.08. The first-order chi connectivity index (χ1) is 13.4. The second-order valence-electron chi connectivity index (χ2n) is 7.03. The van der Waals surface area contributed by atoms with Gasteiger partial charge in [0.1, 0.15) is 6.07 Å². The molecule has 1 fully saturated rings. The number of hydrogen-bond acceptors (Lipinski definition) is 7. The molecule has 2 aromatic rings. The standard InChI is InChI=1S/C19H25N5O3S/c1-23(2)11-5-10-21-19-17(14-20)22-18(27-19)15-6-8-16(9-7-15)28(25,26)24-12-3-4-13-24/h6-9,21H,3-5,10-13H2,1-2H3. The van der Waals surface area contributed by atoms with Gasteiger partial charge < -0.3 is 14.6 Å². The predicted molar refractivity (Wildman–Crippen MR) is 106 cm³/mol. The Morgan fingerprint density at radius 3 is 2.54 bits per heavy atom. The summed E-state index contributed by atoms with van der Waals surface area (Å²) in [6, 6.07) is 8.46.